The van der Waals surface area contributed by atoms with E-state index in [4.69, 9.17) is 15.2 Å². The Morgan fingerprint density at radius 3 is 2.73 bits per heavy atom. The molecule has 0 unspecified atom stereocenters. The van der Waals surface area contributed by atoms with Gasteiger partial charge < -0.3 is 20.5 Å². The van der Waals surface area contributed by atoms with Crippen LogP contribution in [0.4, 0.5) is 0 Å². The molecular formula is C16H20N3O3+. The van der Waals surface area contributed by atoms with Crippen LogP contribution in [0.1, 0.15) is 11.1 Å². The Balaban J connectivity index is 1.92. The highest BCUT2D eigenvalue weighted by molar-refractivity contribution is 5.75. The lowest BCUT2D eigenvalue weighted by Gasteiger charge is -2.11. The molecule has 0 radical (unpaired) electrons. The maximum Gasteiger partial charge on any atom is 0.255 e. The van der Waals surface area contributed by atoms with Gasteiger partial charge in [0.1, 0.15) is 13.1 Å². The molecule has 0 bridgehead atoms. The van der Waals surface area contributed by atoms with Gasteiger partial charge in [-0.05, 0) is 24.3 Å². The third-order valence-corrected chi connectivity index (χ3v) is 3.08. The van der Waals surface area contributed by atoms with Gasteiger partial charge in [0.2, 0.25) is 0 Å². The van der Waals surface area contributed by atoms with Gasteiger partial charge in [-0.2, -0.15) is 0 Å². The SMILES string of the molecule is COc1cc(C[NH2+]Cc2cccnc2)ccc1OCC(N)=O. The van der Waals surface area contributed by atoms with Gasteiger partial charge in [-0.3, -0.25) is 9.78 Å². The summed E-state index contributed by atoms with van der Waals surface area (Å²) in [5, 5.41) is 2.18. The van der Waals surface area contributed by atoms with Crippen molar-refractivity contribution < 1.29 is 19.6 Å². The minimum Gasteiger partial charge on any atom is -0.493 e. The van der Waals surface area contributed by atoms with Crippen LogP contribution < -0.4 is 20.5 Å². The van der Waals surface area contributed by atoms with Gasteiger partial charge in [-0.15, -0.1) is 0 Å². The van der Waals surface area contributed by atoms with Crippen molar-refractivity contribution in [1.29, 1.82) is 0 Å². The van der Waals surface area contributed by atoms with Crippen LogP contribution in [-0.4, -0.2) is 24.6 Å². The number of primary amides is 1. The highest BCUT2D eigenvalue weighted by Gasteiger charge is 2.08. The van der Waals surface area contributed by atoms with Gasteiger partial charge in [-0.25, -0.2) is 0 Å². The predicted octanol–water partition coefficient (Wildman–Crippen LogP) is 0.218. The molecular weight excluding hydrogens is 282 g/mol. The van der Waals surface area contributed by atoms with E-state index in [0.29, 0.717) is 11.5 Å². The number of amides is 1. The summed E-state index contributed by atoms with van der Waals surface area (Å²) in [5.41, 5.74) is 7.35. The molecule has 0 fully saturated rings. The molecule has 1 heterocycles. The number of carbonyl (C=O) groups excluding carboxylic acids is 1. The van der Waals surface area contributed by atoms with E-state index in [1.54, 1.807) is 19.4 Å². The van der Waals surface area contributed by atoms with Crippen LogP contribution in [0.25, 0.3) is 0 Å². The molecule has 0 atom stereocenters. The van der Waals surface area contributed by atoms with Crippen molar-refractivity contribution in [1.82, 2.24) is 4.98 Å². The number of quaternary nitrogens is 1. The number of nitrogens with zero attached hydrogens (tertiary/aromatic N) is 1. The Labute approximate surface area is 129 Å². The van der Waals surface area contributed by atoms with Crippen molar-refractivity contribution >= 4 is 5.91 Å². The average molecular weight is 302 g/mol. The second-order valence-electron chi connectivity index (χ2n) is 4.80. The molecule has 0 saturated heterocycles. The van der Waals surface area contributed by atoms with Crippen molar-refractivity contribution in [3.63, 3.8) is 0 Å². The molecule has 0 saturated carbocycles. The number of carbonyl (C=O) groups is 1. The summed E-state index contributed by atoms with van der Waals surface area (Å²) < 4.78 is 10.6. The smallest absolute Gasteiger partial charge is 0.255 e. The number of hydrogen-bond donors (Lipinski definition) is 2. The van der Waals surface area contributed by atoms with Crippen LogP contribution in [0.2, 0.25) is 0 Å². The van der Waals surface area contributed by atoms with E-state index in [1.807, 2.05) is 30.5 Å². The lowest BCUT2D eigenvalue weighted by atomic mass is 10.2. The number of rotatable bonds is 8. The molecule has 1 aromatic heterocycles. The zero-order valence-electron chi connectivity index (χ0n) is 12.5. The molecule has 4 N–H and O–H groups in total. The van der Waals surface area contributed by atoms with E-state index < -0.39 is 5.91 Å². The summed E-state index contributed by atoms with van der Waals surface area (Å²) in [6.07, 6.45) is 3.62. The first-order valence-electron chi connectivity index (χ1n) is 6.97. The summed E-state index contributed by atoms with van der Waals surface area (Å²) in [4.78, 5) is 14.9. The fraction of sp³-hybridized carbons (Fsp3) is 0.250. The molecule has 6 heteroatoms. The number of ether oxygens (including phenoxy) is 2. The monoisotopic (exact) mass is 302 g/mol. The summed E-state index contributed by atoms with van der Waals surface area (Å²) in [6.45, 7) is 1.50. The molecule has 0 spiro atoms. The lowest BCUT2D eigenvalue weighted by Crippen LogP contribution is -2.80. The third kappa shape index (κ3) is 4.75. The molecule has 2 rings (SSSR count). The Hall–Kier alpha value is -2.60. The molecule has 6 nitrogen and oxygen atoms in total. The highest BCUT2D eigenvalue weighted by atomic mass is 16.5. The van der Waals surface area contributed by atoms with Gasteiger partial charge in [0.15, 0.2) is 18.1 Å². The molecule has 2 aromatic rings. The molecule has 116 valence electrons. The molecule has 0 aliphatic carbocycles. The topological polar surface area (TPSA) is 91.1 Å². The van der Waals surface area contributed by atoms with Crippen LogP contribution in [0.3, 0.4) is 0 Å². The standard InChI is InChI=1S/C16H19N3O3/c1-21-15-7-12(4-5-14(15)22-11-16(17)20)8-19-10-13-3-2-6-18-9-13/h2-7,9,19H,8,10-11H2,1H3,(H2,17,20)/p+1. The van der Waals surface area contributed by atoms with Crippen molar-refractivity contribution in [2.75, 3.05) is 13.7 Å². The van der Waals surface area contributed by atoms with E-state index in [9.17, 15) is 4.79 Å². The van der Waals surface area contributed by atoms with Gasteiger partial charge in [-0.1, -0.05) is 6.07 Å². The quantitative estimate of drug-likeness (QED) is 0.729. The molecule has 1 aromatic carbocycles. The van der Waals surface area contributed by atoms with Crippen LogP contribution in [0.15, 0.2) is 42.7 Å². The minimum absolute atomic E-state index is 0.164. The van der Waals surface area contributed by atoms with Crippen molar-refractivity contribution in [3.8, 4) is 11.5 Å². The van der Waals surface area contributed by atoms with Gasteiger partial charge in [0.25, 0.3) is 5.91 Å². The summed E-state index contributed by atoms with van der Waals surface area (Å²) in [5.74, 6) is 0.585. The van der Waals surface area contributed by atoms with E-state index >= 15 is 0 Å². The largest absolute Gasteiger partial charge is 0.493 e. The van der Waals surface area contributed by atoms with E-state index in [2.05, 4.69) is 10.3 Å². The Morgan fingerprint density at radius 1 is 1.23 bits per heavy atom. The summed E-state index contributed by atoms with van der Waals surface area (Å²) in [6, 6.07) is 9.60. The summed E-state index contributed by atoms with van der Waals surface area (Å²) in [7, 11) is 1.57. The van der Waals surface area contributed by atoms with Crippen molar-refractivity contribution in [2.45, 2.75) is 13.1 Å². The maximum atomic E-state index is 10.8. The first-order chi connectivity index (χ1) is 10.7. The van der Waals surface area contributed by atoms with Crippen LogP contribution >= 0.6 is 0 Å². The average Bonchev–Trinajstić information content (AvgIpc) is 2.54. The fourth-order valence-electron chi connectivity index (χ4n) is 2.03. The Bertz CT molecular complexity index is 617. The Morgan fingerprint density at radius 2 is 2.05 bits per heavy atom. The molecule has 1 amide bonds. The van der Waals surface area contributed by atoms with E-state index in [-0.39, 0.29) is 6.61 Å². The first kappa shape index (κ1) is 15.8. The lowest BCUT2D eigenvalue weighted by molar-refractivity contribution is -0.686. The third-order valence-electron chi connectivity index (χ3n) is 3.08. The highest BCUT2D eigenvalue weighted by Crippen LogP contribution is 2.27. The van der Waals surface area contributed by atoms with Gasteiger partial charge >= 0.3 is 0 Å². The number of benzene rings is 1. The first-order valence-corrected chi connectivity index (χ1v) is 6.97. The minimum atomic E-state index is -0.518. The maximum absolute atomic E-state index is 10.8. The zero-order valence-corrected chi connectivity index (χ0v) is 12.5. The Kier molecular flexibility index (Phi) is 5.73. The fourth-order valence-corrected chi connectivity index (χ4v) is 2.03. The summed E-state index contributed by atoms with van der Waals surface area (Å²) >= 11 is 0. The number of aromatic nitrogens is 1. The zero-order chi connectivity index (χ0) is 15.8. The van der Waals surface area contributed by atoms with Gasteiger partial charge in [0, 0.05) is 23.5 Å². The molecule has 0 aliphatic rings. The van der Waals surface area contributed by atoms with Crippen LogP contribution in [0.5, 0.6) is 11.5 Å². The predicted molar refractivity (Wildman–Crippen MR) is 81.3 cm³/mol. The van der Waals surface area contributed by atoms with Crippen LogP contribution in [-0.2, 0) is 17.9 Å². The van der Waals surface area contributed by atoms with E-state index in [0.717, 1.165) is 18.7 Å². The molecule has 22 heavy (non-hydrogen) atoms. The number of methoxy groups -OCH3 is 1. The van der Waals surface area contributed by atoms with E-state index in [1.165, 1.54) is 5.56 Å². The number of hydrogen-bond acceptors (Lipinski definition) is 4. The van der Waals surface area contributed by atoms with Gasteiger partial charge in [0.05, 0.1) is 7.11 Å². The second kappa shape index (κ2) is 7.99. The van der Waals surface area contributed by atoms with Crippen molar-refractivity contribution in [2.24, 2.45) is 5.73 Å². The van der Waals surface area contributed by atoms with Crippen LogP contribution in [0, 0.1) is 0 Å². The molecule has 0 aliphatic heterocycles. The number of pyridine rings is 1. The van der Waals surface area contributed by atoms with Crippen molar-refractivity contribution in [3.05, 3.63) is 53.9 Å². The normalized spacial score (nSPS) is 10.2. The number of nitrogens with two attached hydrogens (primary N) is 2. The second-order valence-corrected chi connectivity index (χ2v) is 4.80.